The van der Waals surface area contributed by atoms with Crippen LogP contribution in [0.15, 0.2) is 28.2 Å². The first-order valence-corrected chi connectivity index (χ1v) is 10.0. The second kappa shape index (κ2) is 7.29. The Hall–Kier alpha value is -2.84. The number of guanidine groups is 2. The SMILES string of the molecule is NC1=NC2(CCCCC2)N(c2ccc(N3CCCCC3)c([N+](=O)[O-])c2)C(N)=N1. The summed E-state index contributed by atoms with van der Waals surface area (Å²) >= 11 is 0. The molecule has 3 aliphatic rings. The van der Waals surface area contributed by atoms with Crippen LogP contribution in [0.4, 0.5) is 17.1 Å². The van der Waals surface area contributed by atoms with Gasteiger partial charge in [-0.25, -0.2) is 4.99 Å². The van der Waals surface area contributed by atoms with Crippen molar-refractivity contribution in [2.45, 2.75) is 57.0 Å². The van der Waals surface area contributed by atoms with E-state index in [0.29, 0.717) is 11.4 Å². The van der Waals surface area contributed by atoms with Crippen molar-refractivity contribution >= 4 is 29.0 Å². The number of nitro groups is 1. The van der Waals surface area contributed by atoms with Crippen molar-refractivity contribution in [3.05, 3.63) is 28.3 Å². The Morgan fingerprint density at radius 1 is 1.04 bits per heavy atom. The van der Waals surface area contributed by atoms with Crippen LogP contribution < -0.4 is 21.3 Å². The first-order valence-electron chi connectivity index (χ1n) is 10.0. The highest BCUT2D eigenvalue weighted by molar-refractivity contribution is 6.06. The lowest BCUT2D eigenvalue weighted by atomic mass is 9.87. The lowest BCUT2D eigenvalue weighted by Gasteiger charge is -2.45. The molecule has 4 rings (SSSR count). The molecular formula is C19H27N7O2. The standard InChI is InChI=1S/C19H27N7O2/c20-17-22-18(21)25(19(23-17)9-3-1-4-10-19)14-7-8-15(16(13-14)26(27)28)24-11-5-2-6-12-24/h7-8,13H,1-6,9-12H2,(H4,20,21,22,23). The zero-order valence-corrected chi connectivity index (χ0v) is 16.0. The average Bonchev–Trinajstić information content (AvgIpc) is 2.68. The summed E-state index contributed by atoms with van der Waals surface area (Å²) in [4.78, 5) is 24.3. The van der Waals surface area contributed by atoms with E-state index in [1.807, 2.05) is 17.0 Å². The summed E-state index contributed by atoms with van der Waals surface area (Å²) in [5.41, 5.74) is 13.0. The molecule has 1 spiro atoms. The van der Waals surface area contributed by atoms with E-state index in [4.69, 9.17) is 11.5 Å². The van der Waals surface area contributed by atoms with E-state index in [9.17, 15) is 10.1 Å². The van der Waals surface area contributed by atoms with E-state index < -0.39 is 5.66 Å². The lowest BCUT2D eigenvalue weighted by molar-refractivity contribution is -0.384. The number of nitrogens with zero attached hydrogens (tertiary/aromatic N) is 5. The molecule has 1 aromatic carbocycles. The molecule has 0 atom stereocenters. The van der Waals surface area contributed by atoms with Crippen LogP contribution in [0.5, 0.6) is 0 Å². The van der Waals surface area contributed by atoms with E-state index >= 15 is 0 Å². The van der Waals surface area contributed by atoms with Gasteiger partial charge in [0.25, 0.3) is 5.69 Å². The number of benzene rings is 1. The van der Waals surface area contributed by atoms with Gasteiger partial charge in [0.1, 0.15) is 11.4 Å². The molecule has 1 aromatic rings. The first-order chi connectivity index (χ1) is 13.5. The molecule has 150 valence electrons. The summed E-state index contributed by atoms with van der Waals surface area (Å²) in [6.45, 7) is 1.69. The highest BCUT2D eigenvalue weighted by Gasteiger charge is 2.43. The number of nitro benzene ring substituents is 1. The van der Waals surface area contributed by atoms with Gasteiger partial charge in [-0.15, -0.1) is 0 Å². The van der Waals surface area contributed by atoms with Crippen molar-refractivity contribution in [3.8, 4) is 0 Å². The third-order valence-electron chi connectivity index (χ3n) is 5.96. The van der Waals surface area contributed by atoms with Crippen molar-refractivity contribution < 1.29 is 4.92 Å². The molecule has 9 heteroatoms. The number of rotatable bonds is 3. The van der Waals surface area contributed by atoms with Gasteiger partial charge in [0.15, 0.2) is 0 Å². The van der Waals surface area contributed by atoms with Crippen molar-refractivity contribution in [1.29, 1.82) is 0 Å². The number of nitrogens with two attached hydrogens (primary N) is 2. The van der Waals surface area contributed by atoms with Crippen molar-refractivity contribution in [2.75, 3.05) is 22.9 Å². The molecule has 1 saturated carbocycles. The summed E-state index contributed by atoms with van der Waals surface area (Å²) in [5, 5.41) is 11.9. The maximum Gasteiger partial charge on any atom is 0.294 e. The minimum absolute atomic E-state index is 0.0979. The predicted octanol–water partition coefficient (Wildman–Crippen LogP) is 2.69. The van der Waals surface area contributed by atoms with Gasteiger partial charge in [-0.3, -0.25) is 15.0 Å². The third-order valence-corrected chi connectivity index (χ3v) is 5.96. The van der Waals surface area contributed by atoms with E-state index in [1.165, 1.54) is 6.42 Å². The number of hydrogen-bond donors (Lipinski definition) is 2. The summed E-state index contributed by atoms with van der Waals surface area (Å²) in [6.07, 6.45) is 8.03. The van der Waals surface area contributed by atoms with Gasteiger partial charge in [-0.05, 0) is 57.1 Å². The van der Waals surface area contributed by atoms with E-state index in [-0.39, 0.29) is 22.5 Å². The maximum atomic E-state index is 11.9. The lowest BCUT2D eigenvalue weighted by Crippen LogP contribution is -2.58. The first kappa shape index (κ1) is 18.5. The van der Waals surface area contributed by atoms with Crippen molar-refractivity contribution in [2.24, 2.45) is 21.5 Å². The summed E-state index contributed by atoms with van der Waals surface area (Å²) in [6, 6.07) is 5.34. The molecule has 0 bridgehead atoms. The Kier molecular flexibility index (Phi) is 4.82. The molecule has 9 nitrogen and oxygen atoms in total. The molecule has 2 fully saturated rings. The number of anilines is 2. The van der Waals surface area contributed by atoms with E-state index in [2.05, 4.69) is 14.9 Å². The maximum absolute atomic E-state index is 11.9. The molecule has 0 radical (unpaired) electrons. The van der Waals surface area contributed by atoms with Crippen LogP contribution in [-0.2, 0) is 0 Å². The second-order valence-corrected chi connectivity index (χ2v) is 7.80. The van der Waals surface area contributed by atoms with Crippen molar-refractivity contribution in [3.63, 3.8) is 0 Å². The van der Waals surface area contributed by atoms with Crippen LogP contribution in [0.2, 0.25) is 0 Å². The van der Waals surface area contributed by atoms with Gasteiger partial charge in [0.05, 0.1) is 10.6 Å². The molecule has 28 heavy (non-hydrogen) atoms. The van der Waals surface area contributed by atoms with Crippen LogP contribution in [0.1, 0.15) is 51.4 Å². The van der Waals surface area contributed by atoms with Gasteiger partial charge >= 0.3 is 0 Å². The highest BCUT2D eigenvalue weighted by atomic mass is 16.6. The van der Waals surface area contributed by atoms with Crippen LogP contribution in [0, 0.1) is 10.1 Å². The zero-order chi connectivity index (χ0) is 19.7. The monoisotopic (exact) mass is 385 g/mol. The molecule has 2 aliphatic heterocycles. The van der Waals surface area contributed by atoms with Crippen LogP contribution in [0.25, 0.3) is 0 Å². The smallest absolute Gasteiger partial charge is 0.294 e. The average molecular weight is 385 g/mol. The minimum Gasteiger partial charge on any atom is -0.369 e. The molecule has 2 heterocycles. The molecule has 1 aliphatic carbocycles. The Morgan fingerprint density at radius 3 is 2.39 bits per heavy atom. The molecule has 4 N–H and O–H groups in total. The highest BCUT2D eigenvalue weighted by Crippen LogP contribution is 2.42. The largest absolute Gasteiger partial charge is 0.369 e. The Morgan fingerprint density at radius 2 is 1.71 bits per heavy atom. The Bertz CT molecular complexity index is 824. The molecule has 0 unspecified atom stereocenters. The number of hydrogen-bond acceptors (Lipinski definition) is 8. The third kappa shape index (κ3) is 3.25. The van der Waals surface area contributed by atoms with Crippen molar-refractivity contribution in [1.82, 2.24) is 0 Å². The Labute approximate surface area is 164 Å². The topological polar surface area (TPSA) is 126 Å². The summed E-state index contributed by atoms with van der Waals surface area (Å²) in [7, 11) is 0. The normalized spacial score (nSPS) is 22.0. The second-order valence-electron chi connectivity index (χ2n) is 7.80. The molecular weight excluding hydrogens is 358 g/mol. The fraction of sp³-hybridized carbons (Fsp3) is 0.579. The Balaban J connectivity index is 1.76. The van der Waals surface area contributed by atoms with Gasteiger partial charge in [0.2, 0.25) is 11.9 Å². The van der Waals surface area contributed by atoms with Gasteiger partial charge < -0.3 is 16.4 Å². The summed E-state index contributed by atoms with van der Waals surface area (Å²) in [5.74, 6) is 0.421. The molecule has 1 saturated heterocycles. The van der Waals surface area contributed by atoms with Crippen LogP contribution in [0.3, 0.4) is 0 Å². The fourth-order valence-corrected chi connectivity index (χ4v) is 4.69. The van der Waals surface area contributed by atoms with E-state index in [1.54, 1.807) is 6.07 Å². The zero-order valence-electron chi connectivity index (χ0n) is 16.0. The van der Waals surface area contributed by atoms with Crippen LogP contribution in [-0.4, -0.2) is 35.6 Å². The number of piperidine rings is 1. The molecule has 0 aromatic heterocycles. The minimum atomic E-state index is -0.603. The summed E-state index contributed by atoms with van der Waals surface area (Å²) < 4.78 is 0. The quantitative estimate of drug-likeness (QED) is 0.608. The predicted molar refractivity (Wildman–Crippen MR) is 111 cm³/mol. The van der Waals surface area contributed by atoms with E-state index in [0.717, 1.165) is 58.0 Å². The van der Waals surface area contributed by atoms with Gasteiger partial charge in [-0.1, -0.05) is 6.42 Å². The van der Waals surface area contributed by atoms with Crippen LogP contribution >= 0.6 is 0 Å². The van der Waals surface area contributed by atoms with Gasteiger partial charge in [0, 0.05) is 19.2 Å². The molecule has 0 amide bonds. The fourth-order valence-electron chi connectivity index (χ4n) is 4.69. The number of aliphatic imine (C=N–C) groups is 2. The van der Waals surface area contributed by atoms with Gasteiger partial charge in [-0.2, -0.15) is 4.99 Å².